The number of benzene rings is 9. The number of hydrogen-bond acceptors (Lipinski definition) is 2. The lowest BCUT2D eigenvalue weighted by Gasteiger charge is -2.18. The van der Waals surface area contributed by atoms with Gasteiger partial charge >= 0.3 is 0 Å². The average molecular weight is 845 g/mol. The number of rotatable bonds is 8. The van der Waals surface area contributed by atoms with Crippen LogP contribution < -0.4 is 0 Å². The maximum absolute atomic E-state index is 5.40. The molecule has 0 saturated heterocycles. The molecule has 3 aromatic heterocycles. The van der Waals surface area contributed by atoms with Gasteiger partial charge in [0.15, 0.2) is 0 Å². The Morgan fingerprint density at radius 2 is 1.09 bits per heavy atom. The van der Waals surface area contributed by atoms with Crippen molar-refractivity contribution in [3.8, 4) is 34.0 Å². The summed E-state index contributed by atoms with van der Waals surface area (Å²) in [6.07, 6.45) is 8.96. The van der Waals surface area contributed by atoms with Crippen molar-refractivity contribution in [1.82, 2.24) is 19.1 Å². The predicted molar refractivity (Wildman–Crippen MR) is 279 cm³/mol. The highest BCUT2D eigenvalue weighted by atomic mass is 15.2. The van der Waals surface area contributed by atoms with Crippen LogP contribution in [0.1, 0.15) is 25.1 Å². The van der Waals surface area contributed by atoms with E-state index in [1.807, 2.05) is 6.07 Å². The molecule has 0 aliphatic rings. The van der Waals surface area contributed by atoms with E-state index in [1.165, 1.54) is 43.8 Å². The van der Waals surface area contributed by atoms with Crippen molar-refractivity contribution in [2.24, 2.45) is 0 Å². The van der Waals surface area contributed by atoms with Crippen LogP contribution in [0.2, 0.25) is 0 Å². The number of nitrogens with zero attached hydrogens (tertiary/aromatic N) is 4. The minimum Gasteiger partial charge on any atom is -0.310 e. The fourth-order valence-corrected chi connectivity index (χ4v) is 10.1. The smallest absolute Gasteiger partial charge is 0.235 e. The highest BCUT2D eigenvalue weighted by molar-refractivity contribution is 6.23. The summed E-state index contributed by atoms with van der Waals surface area (Å²) in [6.45, 7) is 4.23. The van der Waals surface area contributed by atoms with Crippen molar-refractivity contribution in [3.63, 3.8) is 0 Å². The number of fused-ring (bicyclic) bond motifs is 8. The topological polar surface area (TPSA) is 35.6 Å². The Bertz CT molecular complexity index is 3940. The minimum absolute atomic E-state index is 0.651. The fraction of sp³-hybridized carbons (Fsp3) is 0.0323. The number of para-hydroxylation sites is 4. The first-order valence-corrected chi connectivity index (χ1v) is 22.7. The first-order chi connectivity index (χ1) is 32.7. The van der Waals surface area contributed by atoms with Crippen LogP contribution in [0.3, 0.4) is 0 Å². The molecular formula is C62H44N4. The highest BCUT2D eigenvalue weighted by Gasteiger charge is 2.23. The standard InChI is InChI=1S/C62H44N4/c1-3-21-41(4-2)54(39-45-38-43-24-11-19-34-58(43)65(45)44-25-9-6-10-26-44)49-36-37-50(47-28-13-12-27-46(47)49)55-40-56-51-30-17-20-35-59(51)66(61(56)52-31-15-14-29-48(52)55)62-63-57-33-18-16-32-53(57)60(64-62)42-22-7-5-8-23-42/h3-40H,1-2H3/b21-3-,41-4+,54-39+. The zero-order valence-electron chi connectivity index (χ0n) is 36.7. The van der Waals surface area contributed by atoms with Crippen LogP contribution in [0.5, 0.6) is 0 Å². The zero-order valence-corrected chi connectivity index (χ0v) is 36.7. The molecule has 0 aliphatic heterocycles. The van der Waals surface area contributed by atoms with E-state index in [0.29, 0.717) is 5.95 Å². The molecule has 0 fully saturated rings. The van der Waals surface area contributed by atoms with Crippen LogP contribution in [0.25, 0.3) is 111 Å². The van der Waals surface area contributed by atoms with Gasteiger partial charge in [-0.1, -0.05) is 182 Å². The summed E-state index contributed by atoms with van der Waals surface area (Å²) in [4.78, 5) is 10.7. The van der Waals surface area contributed by atoms with Crippen LogP contribution in [0, 0.1) is 0 Å². The lowest BCUT2D eigenvalue weighted by Crippen LogP contribution is -2.03. The van der Waals surface area contributed by atoms with Crippen LogP contribution in [-0.2, 0) is 0 Å². The van der Waals surface area contributed by atoms with Gasteiger partial charge in [-0.25, -0.2) is 9.97 Å². The molecule has 66 heavy (non-hydrogen) atoms. The van der Waals surface area contributed by atoms with Gasteiger partial charge in [-0.15, -0.1) is 0 Å². The fourth-order valence-electron chi connectivity index (χ4n) is 10.1. The van der Waals surface area contributed by atoms with Gasteiger partial charge in [0.1, 0.15) is 0 Å². The van der Waals surface area contributed by atoms with Gasteiger partial charge in [0.25, 0.3) is 0 Å². The average Bonchev–Trinajstić information content (AvgIpc) is 3.92. The lowest BCUT2D eigenvalue weighted by atomic mass is 9.87. The first kappa shape index (κ1) is 39.0. The van der Waals surface area contributed by atoms with Gasteiger partial charge in [-0.2, -0.15) is 0 Å². The molecule has 12 rings (SSSR count). The molecule has 0 N–H and O–H groups in total. The van der Waals surface area contributed by atoms with Gasteiger partial charge in [-0.05, 0) is 106 Å². The van der Waals surface area contributed by atoms with E-state index in [4.69, 9.17) is 9.97 Å². The highest BCUT2D eigenvalue weighted by Crippen LogP contribution is 2.45. The summed E-state index contributed by atoms with van der Waals surface area (Å²) in [6, 6.07) is 73.9. The van der Waals surface area contributed by atoms with Crippen LogP contribution in [0.4, 0.5) is 0 Å². The van der Waals surface area contributed by atoms with E-state index in [2.05, 4.69) is 247 Å². The quantitative estimate of drug-likeness (QED) is 0.143. The van der Waals surface area contributed by atoms with Crippen molar-refractivity contribution in [2.45, 2.75) is 13.8 Å². The molecule has 3 heterocycles. The second-order valence-electron chi connectivity index (χ2n) is 16.8. The Kier molecular flexibility index (Phi) is 9.57. The Balaban J connectivity index is 1.11. The Morgan fingerprint density at radius 1 is 0.470 bits per heavy atom. The monoisotopic (exact) mass is 844 g/mol. The van der Waals surface area contributed by atoms with E-state index in [9.17, 15) is 0 Å². The summed E-state index contributed by atoms with van der Waals surface area (Å²) in [5, 5.41) is 9.24. The molecule has 0 radical (unpaired) electrons. The van der Waals surface area contributed by atoms with E-state index in [1.54, 1.807) is 0 Å². The van der Waals surface area contributed by atoms with Gasteiger partial charge in [0, 0.05) is 43.9 Å². The molecule has 4 nitrogen and oxygen atoms in total. The molecule has 0 bridgehead atoms. The van der Waals surface area contributed by atoms with Crippen molar-refractivity contribution in [2.75, 3.05) is 0 Å². The maximum atomic E-state index is 5.40. The molecule has 0 spiro atoms. The van der Waals surface area contributed by atoms with Crippen molar-refractivity contribution < 1.29 is 0 Å². The van der Waals surface area contributed by atoms with Gasteiger partial charge in [0.05, 0.1) is 27.8 Å². The molecule has 0 unspecified atom stereocenters. The van der Waals surface area contributed by atoms with E-state index in [-0.39, 0.29) is 0 Å². The second-order valence-corrected chi connectivity index (χ2v) is 16.8. The molecule has 0 amide bonds. The molecule has 0 atom stereocenters. The molecular weight excluding hydrogens is 801 g/mol. The van der Waals surface area contributed by atoms with Crippen molar-refractivity contribution >= 4 is 76.8 Å². The minimum atomic E-state index is 0.651. The Hall–Kier alpha value is -8.60. The molecule has 312 valence electrons. The maximum Gasteiger partial charge on any atom is 0.235 e. The molecule has 12 aromatic rings. The zero-order chi connectivity index (χ0) is 44.1. The van der Waals surface area contributed by atoms with Crippen molar-refractivity contribution in [3.05, 3.63) is 241 Å². The van der Waals surface area contributed by atoms with Gasteiger partial charge in [0.2, 0.25) is 5.95 Å². The third-order valence-electron chi connectivity index (χ3n) is 13.0. The summed E-state index contributed by atoms with van der Waals surface area (Å²) < 4.78 is 4.65. The summed E-state index contributed by atoms with van der Waals surface area (Å²) >= 11 is 0. The van der Waals surface area contributed by atoms with Crippen LogP contribution >= 0.6 is 0 Å². The van der Waals surface area contributed by atoms with Gasteiger partial charge in [-0.3, -0.25) is 4.57 Å². The van der Waals surface area contributed by atoms with E-state index >= 15 is 0 Å². The van der Waals surface area contributed by atoms with Crippen LogP contribution in [-0.4, -0.2) is 19.1 Å². The van der Waals surface area contributed by atoms with Gasteiger partial charge < -0.3 is 4.57 Å². The molecule has 9 aromatic carbocycles. The molecule has 0 saturated carbocycles. The normalized spacial score (nSPS) is 12.5. The predicted octanol–water partition coefficient (Wildman–Crippen LogP) is 16.4. The van der Waals surface area contributed by atoms with E-state index < -0.39 is 0 Å². The Morgan fingerprint density at radius 3 is 1.85 bits per heavy atom. The summed E-state index contributed by atoms with van der Waals surface area (Å²) in [5.74, 6) is 0.651. The Labute approximate surface area is 383 Å². The largest absolute Gasteiger partial charge is 0.310 e. The second kappa shape index (κ2) is 16.2. The first-order valence-electron chi connectivity index (χ1n) is 22.7. The summed E-state index contributed by atoms with van der Waals surface area (Å²) in [5.41, 5.74) is 14.3. The number of aromatic nitrogens is 4. The molecule has 0 aliphatic carbocycles. The summed E-state index contributed by atoms with van der Waals surface area (Å²) in [7, 11) is 0. The number of hydrogen-bond donors (Lipinski definition) is 0. The third kappa shape index (κ3) is 6.37. The van der Waals surface area contributed by atoms with Crippen LogP contribution in [0.15, 0.2) is 230 Å². The number of allylic oxidation sites excluding steroid dienone is 5. The van der Waals surface area contributed by atoms with Crippen molar-refractivity contribution in [1.29, 1.82) is 0 Å². The lowest BCUT2D eigenvalue weighted by molar-refractivity contribution is 1.02. The SMILES string of the molecule is C\C=C/C(=C\C)C(=C\c1cc2ccccc2n1-c1ccccc1)/c1ccc(-c2cc3c4ccccc4n(-c4nc(-c5ccccc5)c5ccccc5n4)c3c3ccccc23)c2ccccc12. The third-order valence-corrected chi connectivity index (χ3v) is 13.0. The molecule has 4 heteroatoms. The van der Waals surface area contributed by atoms with E-state index in [0.717, 1.165) is 71.9 Å².